The number of rotatable bonds is 11. The molecule has 1 aliphatic rings. The van der Waals surface area contributed by atoms with Crippen LogP contribution >= 0.6 is 34.8 Å². The predicted octanol–water partition coefficient (Wildman–Crippen LogP) is 5.95. The first-order chi connectivity index (χ1) is 19.7. The van der Waals surface area contributed by atoms with Crippen molar-refractivity contribution in [2.45, 2.75) is 12.8 Å². The van der Waals surface area contributed by atoms with E-state index in [-0.39, 0.29) is 11.8 Å². The molecule has 3 aromatic carbocycles. The molecule has 3 aromatic rings. The highest BCUT2D eigenvalue weighted by Crippen LogP contribution is 2.29. The van der Waals surface area contributed by atoms with Crippen LogP contribution in [0.15, 0.2) is 60.7 Å². The molecule has 10 heteroatoms. The largest absolute Gasteiger partial charge is 0.367 e. The smallest absolute Gasteiger partial charge is 0.255 e. The fourth-order valence-corrected chi connectivity index (χ4v) is 5.53. The second-order valence-corrected chi connectivity index (χ2v) is 11.7. The van der Waals surface area contributed by atoms with E-state index in [0.29, 0.717) is 44.8 Å². The van der Waals surface area contributed by atoms with Gasteiger partial charge < -0.3 is 20.4 Å². The first kappa shape index (κ1) is 31.1. The van der Waals surface area contributed by atoms with E-state index < -0.39 is 0 Å². The molecule has 0 atom stereocenters. The molecule has 0 bridgehead atoms. The molecule has 1 aliphatic heterocycles. The minimum absolute atomic E-state index is 0.231. The summed E-state index contributed by atoms with van der Waals surface area (Å²) in [5.74, 6) is -0.517. The van der Waals surface area contributed by atoms with E-state index in [2.05, 4.69) is 39.4 Å². The number of hydrogen-bond acceptors (Lipinski definition) is 5. The summed E-state index contributed by atoms with van der Waals surface area (Å²) in [4.78, 5) is 33.2. The average Bonchev–Trinajstić information content (AvgIpc) is 2.94. The molecular formula is C31H36Cl3N5O2. The van der Waals surface area contributed by atoms with Crippen LogP contribution in [0.4, 0.5) is 11.4 Å². The van der Waals surface area contributed by atoms with Gasteiger partial charge in [-0.25, -0.2) is 0 Å². The molecule has 0 saturated carbocycles. The first-order valence-corrected chi connectivity index (χ1v) is 14.9. The highest BCUT2D eigenvalue weighted by molar-refractivity contribution is 6.35. The SMILES string of the molecule is CN(C)CCCN1CCN(c2ccc(C(=O)NCCc3ccc(Cl)cc3Cl)cc2NC(=O)c2cccc(Cl)c2)CC1. The van der Waals surface area contributed by atoms with E-state index in [1.165, 1.54) is 0 Å². The number of anilines is 2. The van der Waals surface area contributed by atoms with Crippen molar-refractivity contribution in [3.63, 3.8) is 0 Å². The van der Waals surface area contributed by atoms with Crippen LogP contribution in [0.25, 0.3) is 0 Å². The molecule has 0 aliphatic carbocycles. The van der Waals surface area contributed by atoms with Crippen LogP contribution in [0.5, 0.6) is 0 Å². The highest BCUT2D eigenvalue weighted by atomic mass is 35.5. The molecular weight excluding hydrogens is 581 g/mol. The number of carbonyl (C=O) groups is 2. The van der Waals surface area contributed by atoms with Crippen molar-refractivity contribution in [1.29, 1.82) is 0 Å². The van der Waals surface area contributed by atoms with Gasteiger partial charge in [0.15, 0.2) is 0 Å². The number of piperazine rings is 1. The standard InChI is InChI=1S/C31H36Cl3N5O2/c1-37(2)13-4-14-38-15-17-39(18-16-38)29-10-8-24(20-28(29)36-31(41)23-5-3-6-25(32)19-23)30(40)35-12-11-22-7-9-26(33)21-27(22)34/h3,5-10,19-21H,4,11-18H2,1-2H3,(H,35,40)(H,36,41). The van der Waals surface area contributed by atoms with E-state index in [1.54, 1.807) is 48.5 Å². The Morgan fingerprint density at radius 2 is 1.59 bits per heavy atom. The Kier molecular flexibility index (Phi) is 11.3. The monoisotopic (exact) mass is 615 g/mol. The highest BCUT2D eigenvalue weighted by Gasteiger charge is 2.21. The van der Waals surface area contributed by atoms with Gasteiger partial charge in [0, 0.05) is 58.9 Å². The Bertz CT molecular complexity index is 1360. The van der Waals surface area contributed by atoms with Gasteiger partial charge in [0.25, 0.3) is 11.8 Å². The minimum Gasteiger partial charge on any atom is -0.367 e. The summed E-state index contributed by atoms with van der Waals surface area (Å²) in [7, 11) is 4.19. The molecule has 7 nitrogen and oxygen atoms in total. The number of benzene rings is 3. The van der Waals surface area contributed by atoms with Crippen molar-refractivity contribution in [2.75, 3.05) is 70.1 Å². The first-order valence-electron chi connectivity index (χ1n) is 13.7. The van der Waals surface area contributed by atoms with Crippen LogP contribution in [-0.4, -0.2) is 81.5 Å². The lowest BCUT2D eigenvalue weighted by molar-refractivity contribution is 0.0952. The second-order valence-electron chi connectivity index (χ2n) is 10.4. The van der Waals surface area contributed by atoms with Crippen molar-refractivity contribution in [1.82, 2.24) is 15.1 Å². The van der Waals surface area contributed by atoms with Crippen LogP contribution in [0, 0.1) is 0 Å². The van der Waals surface area contributed by atoms with E-state index in [1.807, 2.05) is 12.1 Å². The maximum absolute atomic E-state index is 13.2. The van der Waals surface area contributed by atoms with E-state index in [4.69, 9.17) is 34.8 Å². The number of nitrogens with zero attached hydrogens (tertiary/aromatic N) is 3. The van der Waals surface area contributed by atoms with Gasteiger partial charge in [-0.2, -0.15) is 0 Å². The van der Waals surface area contributed by atoms with Crippen molar-refractivity contribution in [3.05, 3.63) is 92.4 Å². The Morgan fingerprint density at radius 1 is 0.854 bits per heavy atom. The molecule has 4 rings (SSSR count). The molecule has 0 unspecified atom stereocenters. The molecule has 1 saturated heterocycles. The number of halogens is 3. The summed E-state index contributed by atoms with van der Waals surface area (Å²) in [6.07, 6.45) is 1.69. The number of carbonyl (C=O) groups excluding carboxylic acids is 2. The summed E-state index contributed by atoms with van der Waals surface area (Å²) in [6, 6.07) is 17.6. The summed E-state index contributed by atoms with van der Waals surface area (Å²) < 4.78 is 0. The molecule has 0 spiro atoms. The molecule has 0 aromatic heterocycles. The molecule has 2 N–H and O–H groups in total. The van der Waals surface area contributed by atoms with E-state index in [9.17, 15) is 9.59 Å². The van der Waals surface area contributed by atoms with Gasteiger partial charge in [-0.05, 0) is 94.1 Å². The summed E-state index contributed by atoms with van der Waals surface area (Å²) in [6.45, 7) is 6.06. The van der Waals surface area contributed by atoms with Crippen molar-refractivity contribution in [2.24, 2.45) is 0 Å². The Morgan fingerprint density at radius 3 is 2.29 bits per heavy atom. The van der Waals surface area contributed by atoms with E-state index in [0.717, 1.165) is 56.9 Å². The third kappa shape index (κ3) is 9.09. The van der Waals surface area contributed by atoms with Gasteiger partial charge in [0.2, 0.25) is 0 Å². The quantitative estimate of drug-likeness (QED) is 0.279. The zero-order valence-electron chi connectivity index (χ0n) is 23.4. The van der Waals surface area contributed by atoms with Gasteiger partial charge in [-0.3, -0.25) is 14.5 Å². The van der Waals surface area contributed by atoms with Gasteiger partial charge in [0.1, 0.15) is 0 Å². The maximum atomic E-state index is 13.2. The van der Waals surface area contributed by atoms with Gasteiger partial charge >= 0.3 is 0 Å². The van der Waals surface area contributed by atoms with Crippen LogP contribution in [0.2, 0.25) is 15.1 Å². The zero-order chi connectivity index (χ0) is 29.4. The Balaban J connectivity index is 1.47. The average molecular weight is 617 g/mol. The lowest BCUT2D eigenvalue weighted by atomic mass is 10.1. The van der Waals surface area contributed by atoms with Crippen LogP contribution in [-0.2, 0) is 6.42 Å². The van der Waals surface area contributed by atoms with Crippen molar-refractivity contribution < 1.29 is 9.59 Å². The summed E-state index contributed by atoms with van der Waals surface area (Å²) in [5.41, 5.74) is 3.29. The Labute approximate surface area is 257 Å². The topological polar surface area (TPSA) is 67.9 Å². The lowest BCUT2D eigenvalue weighted by Crippen LogP contribution is -2.47. The molecule has 41 heavy (non-hydrogen) atoms. The third-order valence-corrected chi connectivity index (χ3v) is 7.90. The second kappa shape index (κ2) is 14.9. The summed E-state index contributed by atoms with van der Waals surface area (Å²) >= 11 is 18.4. The van der Waals surface area contributed by atoms with Crippen LogP contribution in [0.1, 0.15) is 32.7 Å². The Hall–Kier alpha value is -2.81. The molecule has 1 fully saturated rings. The van der Waals surface area contributed by atoms with Crippen LogP contribution < -0.4 is 15.5 Å². The van der Waals surface area contributed by atoms with E-state index >= 15 is 0 Å². The fraction of sp³-hybridized carbons (Fsp3) is 0.355. The third-order valence-electron chi connectivity index (χ3n) is 7.08. The minimum atomic E-state index is -0.286. The van der Waals surface area contributed by atoms with Gasteiger partial charge in [-0.15, -0.1) is 0 Å². The summed E-state index contributed by atoms with van der Waals surface area (Å²) in [5, 5.41) is 7.61. The maximum Gasteiger partial charge on any atom is 0.255 e. The predicted molar refractivity (Wildman–Crippen MR) is 170 cm³/mol. The number of nitrogens with one attached hydrogen (secondary N) is 2. The normalized spacial score (nSPS) is 13.9. The zero-order valence-corrected chi connectivity index (χ0v) is 25.7. The lowest BCUT2D eigenvalue weighted by Gasteiger charge is -2.37. The van der Waals surface area contributed by atoms with Crippen molar-refractivity contribution >= 4 is 58.0 Å². The molecule has 2 amide bonds. The van der Waals surface area contributed by atoms with Crippen LogP contribution in [0.3, 0.4) is 0 Å². The van der Waals surface area contributed by atoms with Gasteiger partial charge in [0.05, 0.1) is 11.4 Å². The van der Waals surface area contributed by atoms with Crippen molar-refractivity contribution in [3.8, 4) is 0 Å². The number of hydrogen-bond donors (Lipinski definition) is 2. The molecule has 1 heterocycles. The fourth-order valence-electron chi connectivity index (χ4n) is 4.84. The number of amides is 2. The molecule has 218 valence electrons. The van der Waals surface area contributed by atoms with Gasteiger partial charge in [-0.1, -0.05) is 46.9 Å². The molecule has 0 radical (unpaired) electrons.